The second-order valence-electron chi connectivity index (χ2n) is 3.55. The van der Waals surface area contributed by atoms with Gasteiger partial charge in [0, 0.05) is 0 Å². The lowest BCUT2D eigenvalue weighted by Gasteiger charge is -2.13. The molecule has 1 aromatic rings. The highest BCUT2D eigenvalue weighted by Gasteiger charge is 2.17. The number of esters is 1. The minimum atomic E-state index is -0.406. The Balaban J connectivity index is 3.10. The lowest BCUT2D eigenvalue weighted by atomic mass is 10.2. The molecule has 0 saturated carbocycles. The number of carbonyl (C=O) groups is 1. The van der Waals surface area contributed by atoms with Gasteiger partial charge in [-0.15, -0.1) is 0 Å². The normalized spacial score (nSPS) is 9.78. The summed E-state index contributed by atoms with van der Waals surface area (Å²) < 4.78 is 20.6. The van der Waals surface area contributed by atoms with Crippen LogP contribution in [0.2, 0.25) is 0 Å². The number of methoxy groups -OCH3 is 3. The lowest BCUT2D eigenvalue weighted by Crippen LogP contribution is -2.07. The molecule has 1 rings (SSSR count). The van der Waals surface area contributed by atoms with E-state index in [0.29, 0.717) is 29.4 Å². The van der Waals surface area contributed by atoms with Gasteiger partial charge in [-0.3, -0.25) is 0 Å². The molecule has 0 N–H and O–H groups in total. The molecule has 0 amide bonds. The third-order valence-corrected chi connectivity index (χ3v) is 2.34. The molecule has 5 nitrogen and oxygen atoms in total. The van der Waals surface area contributed by atoms with Crippen LogP contribution in [0.1, 0.15) is 23.7 Å². The number of ether oxygens (including phenoxy) is 4. The van der Waals surface area contributed by atoms with Crippen LogP contribution in [0.4, 0.5) is 0 Å². The van der Waals surface area contributed by atoms with E-state index >= 15 is 0 Å². The molecule has 0 saturated heterocycles. The summed E-state index contributed by atoms with van der Waals surface area (Å²) in [6.07, 6.45) is 0.774. The summed E-state index contributed by atoms with van der Waals surface area (Å²) in [7, 11) is 4.51. The van der Waals surface area contributed by atoms with Crippen LogP contribution in [-0.4, -0.2) is 33.9 Å². The summed E-state index contributed by atoms with van der Waals surface area (Å²) in [5.41, 5.74) is 0.373. The van der Waals surface area contributed by atoms with Crippen molar-refractivity contribution in [2.75, 3.05) is 27.9 Å². The van der Waals surface area contributed by atoms with Crippen LogP contribution in [0, 0.1) is 0 Å². The van der Waals surface area contributed by atoms with E-state index in [2.05, 4.69) is 0 Å². The van der Waals surface area contributed by atoms with E-state index < -0.39 is 5.97 Å². The molecule has 5 heteroatoms. The molecule has 0 atom stereocenters. The van der Waals surface area contributed by atoms with Gasteiger partial charge in [0.15, 0.2) is 11.5 Å². The first-order chi connectivity index (χ1) is 8.67. The van der Waals surface area contributed by atoms with E-state index in [-0.39, 0.29) is 0 Å². The van der Waals surface area contributed by atoms with E-state index in [1.807, 2.05) is 6.92 Å². The third-order valence-electron chi connectivity index (χ3n) is 2.34. The Morgan fingerprint density at radius 1 is 1.06 bits per heavy atom. The van der Waals surface area contributed by atoms with Gasteiger partial charge in [0.05, 0.1) is 33.5 Å². The van der Waals surface area contributed by atoms with Crippen molar-refractivity contribution in [2.45, 2.75) is 13.3 Å². The van der Waals surface area contributed by atoms with Crippen molar-refractivity contribution < 1.29 is 23.7 Å². The largest absolute Gasteiger partial charge is 0.493 e. The molecule has 1 aromatic carbocycles. The van der Waals surface area contributed by atoms with Gasteiger partial charge in [-0.05, 0) is 18.6 Å². The Morgan fingerprint density at radius 3 is 2.00 bits per heavy atom. The molecule has 18 heavy (non-hydrogen) atoms. The summed E-state index contributed by atoms with van der Waals surface area (Å²) in [5.74, 6) is 0.906. The average Bonchev–Trinajstić information content (AvgIpc) is 2.42. The second kappa shape index (κ2) is 6.74. The standard InChI is InChI=1S/C13H18O5/c1-5-6-18-13(14)9-7-10(15-2)12(17-4)11(8-9)16-3/h7-8H,5-6H2,1-4H3. The molecular formula is C13H18O5. The fourth-order valence-corrected chi connectivity index (χ4v) is 1.48. The molecule has 0 radical (unpaired) electrons. The summed E-state index contributed by atoms with van der Waals surface area (Å²) in [4.78, 5) is 11.8. The highest BCUT2D eigenvalue weighted by atomic mass is 16.5. The zero-order valence-corrected chi connectivity index (χ0v) is 11.1. The zero-order chi connectivity index (χ0) is 13.5. The number of hydrogen-bond donors (Lipinski definition) is 0. The maximum atomic E-state index is 11.8. The number of carbonyl (C=O) groups excluding carboxylic acids is 1. The van der Waals surface area contributed by atoms with Gasteiger partial charge in [-0.25, -0.2) is 4.79 Å². The Hall–Kier alpha value is -1.91. The SMILES string of the molecule is CCCOC(=O)c1cc(OC)c(OC)c(OC)c1. The Labute approximate surface area is 107 Å². The molecule has 0 fully saturated rings. The van der Waals surface area contributed by atoms with E-state index in [0.717, 1.165) is 6.42 Å². The quantitative estimate of drug-likeness (QED) is 0.729. The van der Waals surface area contributed by atoms with Crippen molar-refractivity contribution in [1.29, 1.82) is 0 Å². The summed E-state index contributed by atoms with van der Waals surface area (Å²) in [6.45, 7) is 2.32. The molecule has 0 aliphatic heterocycles. The molecule has 0 aliphatic rings. The first-order valence-corrected chi connectivity index (χ1v) is 5.65. The van der Waals surface area contributed by atoms with Crippen LogP contribution in [0.15, 0.2) is 12.1 Å². The van der Waals surface area contributed by atoms with Crippen LogP contribution in [0.3, 0.4) is 0 Å². The van der Waals surface area contributed by atoms with Gasteiger partial charge < -0.3 is 18.9 Å². The smallest absolute Gasteiger partial charge is 0.338 e. The average molecular weight is 254 g/mol. The Bertz CT molecular complexity index is 389. The van der Waals surface area contributed by atoms with Crippen molar-refractivity contribution in [3.8, 4) is 17.2 Å². The fraction of sp³-hybridized carbons (Fsp3) is 0.462. The van der Waals surface area contributed by atoms with Gasteiger partial charge in [0.2, 0.25) is 5.75 Å². The molecule has 0 heterocycles. The Kier molecular flexibility index (Phi) is 5.30. The van der Waals surface area contributed by atoms with Crippen molar-refractivity contribution in [1.82, 2.24) is 0 Å². The first-order valence-electron chi connectivity index (χ1n) is 5.65. The minimum Gasteiger partial charge on any atom is -0.493 e. The van der Waals surface area contributed by atoms with Crippen LogP contribution < -0.4 is 14.2 Å². The topological polar surface area (TPSA) is 54.0 Å². The van der Waals surface area contributed by atoms with Crippen LogP contribution >= 0.6 is 0 Å². The van der Waals surface area contributed by atoms with Gasteiger partial charge in [0.25, 0.3) is 0 Å². The fourth-order valence-electron chi connectivity index (χ4n) is 1.48. The molecule has 0 bridgehead atoms. The zero-order valence-electron chi connectivity index (χ0n) is 11.1. The predicted octanol–water partition coefficient (Wildman–Crippen LogP) is 2.28. The van der Waals surface area contributed by atoms with Crippen LogP contribution in [0.25, 0.3) is 0 Å². The first kappa shape index (κ1) is 14.2. The van der Waals surface area contributed by atoms with Gasteiger partial charge >= 0.3 is 5.97 Å². The molecular weight excluding hydrogens is 236 g/mol. The maximum Gasteiger partial charge on any atom is 0.338 e. The van der Waals surface area contributed by atoms with Crippen molar-refractivity contribution in [3.05, 3.63) is 17.7 Å². The van der Waals surface area contributed by atoms with Crippen molar-refractivity contribution in [3.63, 3.8) is 0 Å². The Morgan fingerprint density at radius 2 is 1.61 bits per heavy atom. The highest BCUT2D eigenvalue weighted by molar-refractivity contribution is 5.91. The lowest BCUT2D eigenvalue weighted by molar-refractivity contribution is 0.0504. The minimum absolute atomic E-state index is 0.373. The summed E-state index contributed by atoms with van der Waals surface area (Å²) >= 11 is 0. The second-order valence-corrected chi connectivity index (χ2v) is 3.55. The summed E-state index contributed by atoms with van der Waals surface area (Å²) in [6, 6.07) is 3.14. The van der Waals surface area contributed by atoms with Gasteiger partial charge in [-0.2, -0.15) is 0 Å². The van der Waals surface area contributed by atoms with Crippen LogP contribution in [-0.2, 0) is 4.74 Å². The van der Waals surface area contributed by atoms with Gasteiger partial charge in [-0.1, -0.05) is 6.92 Å². The number of hydrogen-bond acceptors (Lipinski definition) is 5. The summed E-state index contributed by atoms with van der Waals surface area (Å²) in [5, 5.41) is 0. The molecule has 0 aromatic heterocycles. The van der Waals surface area contributed by atoms with E-state index in [4.69, 9.17) is 18.9 Å². The third kappa shape index (κ3) is 3.06. The number of benzene rings is 1. The monoisotopic (exact) mass is 254 g/mol. The molecule has 100 valence electrons. The molecule has 0 spiro atoms. The van der Waals surface area contributed by atoms with E-state index in [1.54, 1.807) is 12.1 Å². The van der Waals surface area contributed by atoms with E-state index in [9.17, 15) is 4.79 Å². The molecule has 0 unspecified atom stereocenters. The van der Waals surface area contributed by atoms with Crippen molar-refractivity contribution >= 4 is 5.97 Å². The van der Waals surface area contributed by atoms with Crippen LogP contribution in [0.5, 0.6) is 17.2 Å². The maximum absolute atomic E-state index is 11.8. The number of rotatable bonds is 6. The highest BCUT2D eigenvalue weighted by Crippen LogP contribution is 2.38. The van der Waals surface area contributed by atoms with Crippen molar-refractivity contribution in [2.24, 2.45) is 0 Å². The molecule has 0 aliphatic carbocycles. The predicted molar refractivity (Wildman–Crippen MR) is 66.7 cm³/mol. The van der Waals surface area contributed by atoms with Gasteiger partial charge in [0.1, 0.15) is 0 Å². The van der Waals surface area contributed by atoms with E-state index in [1.165, 1.54) is 21.3 Å².